The number of hydrogen-bond donors (Lipinski definition) is 2. The van der Waals surface area contributed by atoms with Crippen molar-refractivity contribution in [3.63, 3.8) is 0 Å². The molecule has 1 unspecified atom stereocenters. The molecule has 0 spiro atoms. The summed E-state index contributed by atoms with van der Waals surface area (Å²) >= 11 is 0. The summed E-state index contributed by atoms with van der Waals surface area (Å²) < 4.78 is 0. The number of pyridine rings is 1. The lowest BCUT2D eigenvalue weighted by Crippen LogP contribution is -2.37. The van der Waals surface area contributed by atoms with Gasteiger partial charge in [0.15, 0.2) is 5.60 Å². The van der Waals surface area contributed by atoms with Crippen molar-refractivity contribution in [1.82, 2.24) is 4.98 Å². The Labute approximate surface area is 94.4 Å². The van der Waals surface area contributed by atoms with Crippen LogP contribution in [-0.2, 0) is 11.2 Å². The molecular weight excluding hydrogens is 208 g/mol. The Bertz CT molecular complexity index is 371. The van der Waals surface area contributed by atoms with E-state index in [1.54, 1.807) is 18.3 Å². The zero-order chi connectivity index (χ0) is 12.3. The molecule has 0 fully saturated rings. The number of carboxylic acids is 1. The third kappa shape index (κ3) is 2.93. The van der Waals surface area contributed by atoms with Crippen molar-refractivity contribution in [2.75, 3.05) is 19.0 Å². The number of aromatic nitrogens is 1. The minimum atomic E-state index is -1.75. The second-order valence-corrected chi connectivity index (χ2v) is 4.17. The molecule has 0 radical (unpaired) electrons. The van der Waals surface area contributed by atoms with Crippen molar-refractivity contribution in [2.24, 2.45) is 0 Å². The molecule has 0 bridgehead atoms. The predicted octanol–water partition coefficient (Wildman–Crippen LogP) is 0.526. The molecule has 0 saturated heterocycles. The largest absolute Gasteiger partial charge is 0.479 e. The van der Waals surface area contributed by atoms with Gasteiger partial charge in [-0.15, -0.1) is 0 Å². The van der Waals surface area contributed by atoms with Crippen LogP contribution in [0.2, 0.25) is 0 Å². The van der Waals surface area contributed by atoms with Crippen LogP contribution in [0.15, 0.2) is 18.3 Å². The second kappa shape index (κ2) is 4.49. The molecule has 0 saturated carbocycles. The SMILES string of the molecule is CN(C)c1ccc(CC(C)(O)C(=O)O)cn1. The maximum atomic E-state index is 10.7. The quantitative estimate of drug-likeness (QED) is 0.780. The molecule has 1 aromatic heterocycles. The van der Waals surface area contributed by atoms with E-state index >= 15 is 0 Å². The van der Waals surface area contributed by atoms with Crippen LogP contribution >= 0.6 is 0 Å². The lowest BCUT2D eigenvalue weighted by Gasteiger charge is -2.18. The Hall–Kier alpha value is -1.62. The highest BCUT2D eigenvalue weighted by molar-refractivity contribution is 5.76. The van der Waals surface area contributed by atoms with E-state index in [-0.39, 0.29) is 6.42 Å². The molecule has 0 aliphatic heterocycles. The predicted molar refractivity (Wildman–Crippen MR) is 60.5 cm³/mol. The van der Waals surface area contributed by atoms with Crippen LogP contribution in [0.4, 0.5) is 5.82 Å². The van der Waals surface area contributed by atoms with Gasteiger partial charge in [-0.2, -0.15) is 0 Å². The Balaban J connectivity index is 2.80. The molecule has 0 aliphatic carbocycles. The molecule has 1 rings (SSSR count). The van der Waals surface area contributed by atoms with Gasteiger partial charge in [-0.1, -0.05) is 6.07 Å². The summed E-state index contributed by atoms with van der Waals surface area (Å²) in [7, 11) is 3.74. The summed E-state index contributed by atoms with van der Waals surface area (Å²) in [6.45, 7) is 1.27. The summed E-state index contributed by atoms with van der Waals surface area (Å²) in [5.41, 5.74) is -1.06. The molecule has 88 valence electrons. The summed E-state index contributed by atoms with van der Waals surface area (Å²) in [4.78, 5) is 16.7. The molecule has 16 heavy (non-hydrogen) atoms. The van der Waals surface area contributed by atoms with Crippen LogP contribution < -0.4 is 4.90 Å². The van der Waals surface area contributed by atoms with Gasteiger partial charge in [-0.3, -0.25) is 0 Å². The minimum absolute atomic E-state index is 0.0447. The highest BCUT2D eigenvalue weighted by atomic mass is 16.4. The first kappa shape index (κ1) is 12.4. The van der Waals surface area contributed by atoms with Crippen LogP contribution in [0.3, 0.4) is 0 Å². The zero-order valence-electron chi connectivity index (χ0n) is 9.64. The highest BCUT2D eigenvalue weighted by Crippen LogP contribution is 2.15. The number of carboxylic acid groups (broad SMARTS) is 1. The first-order valence-corrected chi connectivity index (χ1v) is 4.91. The first-order valence-electron chi connectivity index (χ1n) is 4.91. The summed E-state index contributed by atoms with van der Waals surface area (Å²) in [5, 5.41) is 18.4. The monoisotopic (exact) mass is 224 g/mol. The van der Waals surface area contributed by atoms with Crippen molar-refractivity contribution in [3.8, 4) is 0 Å². The van der Waals surface area contributed by atoms with Crippen LogP contribution in [0.5, 0.6) is 0 Å². The van der Waals surface area contributed by atoms with Gasteiger partial charge in [-0.25, -0.2) is 9.78 Å². The Kier molecular flexibility index (Phi) is 3.49. The molecule has 2 N–H and O–H groups in total. The molecule has 1 heterocycles. The fourth-order valence-corrected chi connectivity index (χ4v) is 1.26. The van der Waals surface area contributed by atoms with Gasteiger partial charge in [0.25, 0.3) is 0 Å². The topological polar surface area (TPSA) is 73.7 Å². The zero-order valence-corrected chi connectivity index (χ0v) is 9.64. The van der Waals surface area contributed by atoms with Crippen LogP contribution in [-0.4, -0.2) is 40.9 Å². The molecular formula is C11H16N2O3. The number of anilines is 1. The van der Waals surface area contributed by atoms with Crippen LogP contribution in [0.1, 0.15) is 12.5 Å². The van der Waals surface area contributed by atoms with Gasteiger partial charge < -0.3 is 15.1 Å². The average molecular weight is 224 g/mol. The van der Waals surface area contributed by atoms with E-state index in [1.165, 1.54) is 6.92 Å². The number of aliphatic hydroxyl groups is 1. The van der Waals surface area contributed by atoms with Gasteiger partial charge in [0.2, 0.25) is 0 Å². The number of hydrogen-bond acceptors (Lipinski definition) is 4. The second-order valence-electron chi connectivity index (χ2n) is 4.17. The Morgan fingerprint density at radius 3 is 2.50 bits per heavy atom. The van der Waals surface area contributed by atoms with E-state index in [9.17, 15) is 9.90 Å². The highest BCUT2D eigenvalue weighted by Gasteiger charge is 2.30. The van der Waals surface area contributed by atoms with Gasteiger partial charge >= 0.3 is 5.97 Å². The third-order valence-electron chi connectivity index (χ3n) is 2.28. The maximum absolute atomic E-state index is 10.7. The molecule has 5 heteroatoms. The van der Waals surface area contributed by atoms with E-state index in [0.29, 0.717) is 5.56 Å². The lowest BCUT2D eigenvalue weighted by molar-refractivity contribution is -0.156. The Morgan fingerprint density at radius 1 is 1.50 bits per heavy atom. The fraction of sp³-hybridized carbons (Fsp3) is 0.455. The van der Waals surface area contributed by atoms with Crippen molar-refractivity contribution in [2.45, 2.75) is 18.9 Å². The van der Waals surface area contributed by atoms with Gasteiger partial charge in [0, 0.05) is 26.7 Å². The smallest absolute Gasteiger partial charge is 0.335 e. The fourth-order valence-electron chi connectivity index (χ4n) is 1.26. The van der Waals surface area contributed by atoms with E-state index in [2.05, 4.69) is 4.98 Å². The molecule has 0 aliphatic rings. The van der Waals surface area contributed by atoms with Gasteiger partial charge in [0.05, 0.1) is 0 Å². The van der Waals surface area contributed by atoms with Crippen molar-refractivity contribution < 1.29 is 15.0 Å². The van der Waals surface area contributed by atoms with Crippen molar-refractivity contribution >= 4 is 11.8 Å². The van der Waals surface area contributed by atoms with E-state index < -0.39 is 11.6 Å². The summed E-state index contributed by atoms with van der Waals surface area (Å²) in [5.74, 6) is -0.442. The number of rotatable bonds is 4. The molecule has 0 amide bonds. The normalized spacial score (nSPS) is 14.2. The molecule has 5 nitrogen and oxygen atoms in total. The molecule has 1 atom stereocenters. The van der Waals surface area contributed by atoms with E-state index in [4.69, 9.17) is 5.11 Å². The Morgan fingerprint density at radius 2 is 2.12 bits per heavy atom. The van der Waals surface area contributed by atoms with Crippen molar-refractivity contribution in [3.05, 3.63) is 23.9 Å². The van der Waals surface area contributed by atoms with Crippen molar-refractivity contribution in [1.29, 1.82) is 0 Å². The first-order chi connectivity index (χ1) is 7.33. The minimum Gasteiger partial charge on any atom is -0.479 e. The van der Waals surface area contributed by atoms with E-state index in [1.807, 2.05) is 19.0 Å². The van der Waals surface area contributed by atoms with E-state index in [0.717, 1.165) is 5.82 Å². The number of carbonyl (C=O) groups is 1. The number of nitrogens with zero attached hydrogens (tertiary/aromatic N) is 2. The molecule has 0 aromatic carbocycles. The van der Waals surface area contributed by atoms with Gasteiger partial charge in [-0.05, 0) is 18.6 Å². The lowest BCUT2D eigenvalue weighted by atomic mass is 9.98. The van der Waals surface area contributed by atoms with Crippen LogP contribution in [0.25, 0.3) is 0 Å². The maximum Gasteiger partial charge on any atom is 0.335 e. The summed E-state index contributed by atoms with van der Waals surface area (Å²) in [6, 6.07) is 3.55. The summed E-state index contributed by atoms with van der Waals surface area (Å²) in [6.07, 6.45) is 1.62. The van der Waals surface area contributed by atoms with Crippen LogP contribution in [0, 0.1) is 0 Å². The third-order valence-corrected chi connectivity index (χ3v) is 2.28. The standard InChI is InChI=1S/C11H16N2O3/c1-11(16,10(14)15)6-8-4-5-9(12-7-8)13(2)3/h4-5,7,16H,6H2,1-3H3,(H,14,15). The molecule has 1 aromatic rings. The average Bonchev–Trinajstić information content (AvgIpc) is 2.17. The van der Waals surface area contributed by atoms with Gasteiger partial charge in [0.1, 0.15) is 5.82 Å². The number of aliphatic carboxylic acids is 1.